The number of ether oxygens (including phenoxy) is 1. The molecule has 0 aromatic carbocycles. The van der Waals surface area contributed by atoms with Crippen LogP contribution in [-0.2, 0) is 18.2 Å². The fraction of sp³-hybridized carbons (Fsp3) is 0.400. The molecule has 0 radical (unpaired) electrons. The van der Waals surface area contributed by atoms with Crippen LogP contribution in [0.4, 0.5) is 5.69 Å². The second-order valence-corrected chi connectivity index (χ2v) is 5.08. The molecule has 2 N–H and O–H groups in total. The number of aromatic amines is 1. The van der Waals surface area contributed by atoms with Gasteiger partial charge < -0.3 is 15.0 Å². The molecule has 0 saturated carbocycles. The first-order chi connectivity index (χ1) is 10.5. The highest BCUT2D eigenvalue weighted by atomic mass is 16.5. The number of hydrogen-bond donors (Lipinski definition) is 2. The molecule has 2 aromatic rings. The molecule has 0 atom stereocenters. The van der Waals surface area contributed by atoms with Crippen molar-refractivity contribution in [2.75, 3.05) is 12.4 Å². The van der Waals surface area contributed by atoms with Crippen molar-refractivity contribution in [2.24, 2.45) is 7.05 Å². The summed E-state index contributed by atoms with van der Waals surface area (Å²) in [6, 6.07) is 0. The topological polar surface area (TPSA) is 89.0 Å². The number of nitrogens with one attached hydrogen (secondary N) is 2. The first kappa shape index (κ1) is 15.8. The van der Waals surface area contributed by atoms with Gasteiger partial charge in [0.25, 0.3) is 5.91 Å². The number of esters is 1. The number of anilines is 1. The van der Waals surface area contributed by atoms with E-state index in [0.29, 0.717) is 34.6 Å². The minimum Gasteiger partial charge on any atom is -0.465 e. The van der Waals surface area contributed by atoms with Gasteiger partial charge in [-0.15, -0.1) is 0 Å². The van der Waals surface area contributed by atoms with E-state index in [1.54, 1.807) is 31.0 Å². The van der Waals surface area contributed by atoms with Gasteiger partial charge in [0.05, 0.1) is 24.6 Å². The van der Waals surface area contributed by atoms with E-state index in [2.05, 4.69) is 15.4 Å². The molecular formula is C15H20N4O3. The number of methoxy groups -OCH3 is 1. The maximum absolute atomic E-state index is 12.5. The summed E-state index contributed by atoms with van der Waals surface area (Å²) in [5, 5.41) is 6.77. The zero-order chi connectivity index (χ0) is 16.3. The molecular weight excluding hydrogens is 284 g/mol. The lowest BCUT2D eigenvalue weighted by Crippen LogP contribution is -2.15. The third kappa shape index (κ3) is 3.03. The highest BCUT2D eigenvalue weighted by Gasteiger charge is 2.24. The predicted molar refractivity (Wildman–Crippen MR) is 82.0 cm³/mol. The monoisotopic (exact) mass is 304 g/mol. The van der Waals surface area contributed by atoms with Gasteiger partial charge in [-0.1, -0.05) is 13.3 Å². The van der Waals surface area contributed by atoms with Crippen molar-refractivity contribution in [3.05, 3.63) is 34.9 Å². The SMILES string of the molecule is CCCc1c(C(=O)Nc2cnn(C)c2)[nH]c(C)c1C(=O)OC. The zero-order valence-electron chi connectivity index (χ0n) is 13.2. The third-order valence-corrected chi connectivity index (χ3v) is 3.37. The number of carbonyl (C=O) groups is 2. The van der Waals surface area contributed by atoms with Crippen LogP contribution in [-0.4, -0.2) is 33.8 Å². The van der Waals surface area contributed by atoms with E-state index < -0.39 is 5.97 Å². The number of amides is 1. The van der Waals surface area contributed by atoms with E-state index in [-0.39, 0.29) is 5.91 Å². The summed E-state index contributed by atoms with van der Waals surface area (Å²) < 4.78 is 6.41. The molecule has 2 rings (SSSR count). The van der Waals surface area contributed by atoms with Crippen molar-refractivity contribution >= 4 is 17.6 Å². The van der Waals surface area contributed by atoms with Gasteiger partial charge in [0.1, 0.15) is 5.69 Å². The van der Waals surface area contributed by atoms with Gasteiger partial charge >= 0.3 is 5.97 Å². The van der Waals surface area contributed by atoms with Gasteiger partial charge in [0, 0.05) is 18.9 Å². The Hall–Kier alpha value is -2.57. The summed E-state index contributed by atoms with van der Waals surface area (Å²) in [6.45, 7) is 3.75. The largest absolute Gasteiger partial charge is 0.465 e. The van der Waals surface area contributed by atoms with Gasteiger partial charge in [-0.3, -0.25) is 9.48 Å². The standard InChI is InChI=1S/C15H20N4O3/c1-5-6-11-12(15(21)22-4)9(2)17-13(11)14(20)18-10-7-16-19(3)8-10/h7-8,17H,5-6H2,1-4H3,(H,18,20). The normalized spacial score (nSPS) is 10.5. The van der Waals surface area contributed by atoms with Crippen molar-refractivity contribution in [1.29, 1.82) is 0 Å². The van der Waals surface area contributed by atoms with Crippen molar-refractivity contribution in [3.8, 4) is 0 Å². The summed E-state index contributed by atoms with van der Waals surface area (Å²) in [5.41, 5.74) is 2.76. The number of aryl methyl sites for hydroxylation is 2. The smallest absolute Gasteiger partial charge is 0.339 e. The molecule has 7 nitrogen and oxygen atoms in total. The second kappa shape index (κ2) is 6.46. The van der Waals surface area contributed by atoms with Crippen molar-refractivity contribution in [2.45, 2.75) is 26.7 Å². The van der Waals surface area contributed by atoms with E-state index in [1.807, 2.05) is 6.92 Å². The summed E-state index contributed by atoms with van der Waals surface area (Å²) in [7, 11) is 3.10. The van der Waals surface area contributed by atoms with Crippen LogP contribution in [0.2, 0.25) is 0 Å². The number of hydrogen-bond acceptors (Lipinski definition) is 4. The molecule has 0 saturated heterocycles. The molecule has 22 heavy (non-hydrogen) atoms. The van der Waals surface area contributed by atoms with E-state index in [1.165, 1.54) is 7.11 Å². The van der Waals surface area contributed by atoms with E-state index in [4.69, 9.17) is 4.74 Å². The molecule has 0 spiro atoms. The Morgan fingerprint density at radius 2 is 2.18 bits per heavy atom. The van der Waals surface area contributed by atoms with Crippen molar-refractivity contribution in [3.63, 3.8) is 0 Å². The molecule has 7 heteroatoms. The Morgan fingerprint density at radius 1 is 1.45 bits per heavy atom. The Balaban J connectivity index is 2.37. The zero-order valence-corrected chi connectivity index (χ0v) is 13.2. The molecule has 0 aliphatic carbocycles. The average Bonchev–Trinajstić information content (AvgIpc) is 3.02. The number of carbonyl (C=O) groups excluding carboxylic acids is 2. The maximum Gasteiger partial charge on any atom is 0.339 e. The summed E-state index contributed by atoms with van der Waals surface area (Å²) >= 11 is 0. The van der Waals surface area contributed by atoms with Gasteiger partial charge in [0.15, 0.2) is 0 Å². The minimum absolute atomic E-state index is 0.297. The van der Waals surface area contributed by atoms with E-state index in [0.717, 1.165) is 6.42 Å². The lowest BCUT2D eigenvalue weighted by atomic mass is 10.0. The fourth-order valence-electron chi connectivity index (χ4n) is 2.43. The summed E-state index contributed by atoms with van der Waals surface area (Å²) in [4.78, 5) is 27.4. The molecule has 0 aliphatic rings. The molecule has 118 valence electrons. The number of H-pyrrole nitrogens is 1. The van der Waals surface area contributed by atoms with E-state index >= 15 is 0 Å². The number of nitrogens with zero attached hydrogens (tertiary/aromatic N) is 2. The quantitative estimate of drug-likeness (QED) is 0.827. The summed E-state index contributed by atoms with van der Waals surface area (Å²) in [5.74, 6) is -0.729. The Morgan fingerprint density at radius 3 is 2.73 bits per heavy atom. The molecule has 0 unspecified atom stereocenters. The second-order valence-electron chi connectivity index (χ2n) is 5.08. The highest BCUT2D eigenvalue weighted by Crippen LogP contribution is 2.22. The van der Waals surface area contributed by atoms with Crippen LogP contribution in [0.25, 0.3) is 0 Å². The van der Waals surface area contributed by atoms with Crippen LogP contribution in [0.15, 0.2) is 12.4 Å². The molecule has 2 aromatic heterocycles. The van der Waals surface area contributed by atoms with E-state index in [9.17, 15) is 9.59 Å². The van der Waals surface area contributed by atoms with Gasteiger partial charge in [-0.2, -0.15) is 5.10 Å². The predicted octanol–water partition coefficient (Wildman–Crippen LogP) is 2.05. The number of aromatic nitrogens is 3. The van der Waals surface area contributed by atoms with Crippen LogP contribution < -0.4 is 5.32 Å². The van der Waals surface area contributed by atoms with Crippen molar-refractivity contribution < 1.29 is 14.3 Å². The fourth-order valence-corrected chi connectivity index (χ4v) is 2.43. The summed E-state index contributed by atoms with van der Waals surface area (Å²) in [6.07, 6.45) is 4.70. The molecule has 2 heterocycles. The molecule has 1 amide bonds. The van der Waals surface area contributed by atoms with Crippen LogP contribution in [0.3, 0.4) is 0 Å². The molecule has 0 bridgehead atoms. The van der Waals surface area contributed by atoms with Crippen molar-refractivity contribution in [1.82, 2.24) is 14.8 Å². The third-order valence-electron chi connectivity index (χ3n) is 3.37. The minimum atomic E-state index is -0.433. The Kier molecular flexibility index (Phi) is 4.65. The first-order valence-electron chi connectivity index (χ1n) is 7.07. The lowest BCUT2D eigenvalue weighted by Gasteiger charge is -2.06. The van der Waals surface area contributed by atoms with Crippen LogP contribution in [0.1, 0.15) is 45.4 Å². The average molecular weight is 304 g/mol. The van der Waals surface area contributed by atoms with Crippen LogP contribution in [0.5, 0.6) is 0 Å². The first-order valence-corrected chi connectivity index (χ1v) is 7.07. The van der Waals surface area contributed by atoms with Gasteiger partial charge in [0.2, 0.25) is 0 Å². The van der Waals surface area contributed by atoms with Crippen LogP contribution in [0, 0.1) is 6.92 Å². The molecule has 0 aliphatic heterocycles. The maximum atomic E-state index is 12.5. The van der Waals surface area contributed by atoms with Crippen LogP contribution >= 0.6 is 0 Å². The van der Waals surface area contributed by atoms with Gasteiger partial charge in [-0.05, 0) is 18.9 Å². The Labute approximate surface area is 128 Å². The molecule has 0 fully saturated rings. The lowest BCUT2D eigenvalue weighted by molar-refractivity contribution is 0.0599. The van der Waals surface area contributed by atoms with Gasteiger partial charge in [-0.25, -0.2) is 4.79 Å². The Bertz CT molecular complexity index is 700. The highest BCUT2D eigenvalue weighted by molar-refractivity contribution is 6.06. The number of rotatable bonds is 5.